The van der Waals surface area contributed by atoms with Crippen molar-refractivity contribution in [2.45, 2.75) is 32.8 Å². The predicted molar refractivity (Wildman–Crippen MR) is 81.0 cm³/mol. The fourth-order valence-electron chi connectivity index (χ4n) is 1.45. The first kappa shape index (κ1) is 17.9. The number of carbonyl (C=O) groups excluding carboxylic acids is 1. The van der Waals surface area contributed by atoms with E-state index in [1.165, 1.54) is 0 Å². The largest absolute Gasteiger partial charge is 0.444 e. The Labute approximate surface area is 132 Å². The highest BCUT2D eigenvalue weighted by molar-refractivity contribution is 6.31. The van der Waals surface area contributed by atoms with Gasteiger partial charge in [-0.15, -0.1) is 0 Å². The Kier molecular flexibility index (Phi) is 6.29. The normalized spacial score (nSPS) is 10.9. The summed E-state index contributed by atoms with van der Waals surface area (Å²) in [6, 6.07) is 0. The maximum absolute atomic E-state index is 11.4. The minimum atomic E-state index is -0.649. The quantitative estimate of drug-likeness (QED) is 0.355. The molecular weight excluding hydrogens is 314 g/mol. The molecule has 0 bridgehead atoms. The highest BCUT2D eigenvalue weighted by Gasteiger charge is 2.21. The monoisotopic (exact) mass is 331 g/mol. The molecule has 22 heavy (non-hydrogen) atoms. The van der Waals surface area contributed by atoms with Crippen LogP contribution in [0.2, 0.25) is 5.15 Å². The van der Waals surface area contributed by atoms with E-state index in [0.717, 1.165) is 6.33 Å². The van der Waals surface area contributed by atoms with Crippen molar-refractivity contribution >= 4 is 29.2 Å². The van der Waals surface area contributed by atoms with Gasteiger partial charge in [-0.2, -0.15) is 0 Å². The van der Waals surface area contributed by atoms with Crippen LogP contribution < -0.4 is 10.6 Å². The maximum atomic E-state index is 11.4. The number of alkyl carbamates (subject to hydrolysis) is 1. The molecule has 0 saturated carbocycles. The van der Waals surface area contributed by atoms with Crippen LogP contribution in [0.15, 0.2) is 6.33 Å². The van der Waals surface area contributed by atoms with Crippen molar-refractivity contribution in [1.82, 2.24) is 15.3 Å². The van der Waals surface area contributed by atoms with E-state index in [0.29, 0.717) is 19.5 Å². The van der Waals surface area contributed by atoms with Crippen LogP contribution in [0.5, 0.6) is 0 Å². The van der Waals surface area contributed by atoms with Crippen molar-refractivity contribution in [1.29, 1.82) is 0 Å². The molecule has 0 aliphatic rings. The van der Waals surface area contributed by atoms with Gasteiger partial charge in [-0.1, -0.05) is 11.6 Å². The third-order valence-corrected chi connectivity index (χ3v) is 2.55. The molecule has 1 aromatic heterocycles. The number of nitrogens with one attached hydrogen (secondary N) is 2. The number of nitrogens with zero attached hydrogens (tertiary/aromatic N) is 3. The van der Waals surface area contributed by atoms with Gasteiger partial charge in [0.25, 0.3) is 0 Å². The zero-order chi connectivity index (χ0) is 16.8. The second-order valence-corrected chi connectivity index (χ2v) is 5.69. The summed E-state index contributed by atoms with van der Waals surface area (Å²) in [6.45, 7) is 6.03. The van der Waals surface area contributed by atoms with E-state index in [2.05, 4.69) is 20.6 Å². The van der Waals surface area contributed by atoms with Gasteiger partial charge in [0.2, 0.25) is 11.0 Å². The summed E-state index contributed by atoms with van der Waals surface area (Å²) >= 11 is 5.66. The van der Waals surface area contributed by atoms with Gasteiger partial charge < -0.3 is 15.4 Å². The maximum Gasteiger partial charge on any atom is 0.407 e. The van der Waals surface area contributed by atoms with Crippen molar-refractivity contribution in [2.24, 2.45) is 0 Å². The van der Waals surface area contributed by atoms with Gasteiger partial charge in [-0.25, -0.2) is 14.8 Å². The average Bonchev–Trinajstić information content (AvgIpc) is 2.35. The molecule has 0 radical (unpaired) electrons. The zero-order valence-corrected chi connectivity index (χ0v) is 13.3. The minimum absolute atomic E-state index is 0.0438. The summed E-state index contributed by atoms with van der Waals surface area (Å²) in [5, 5.41) is 16.0. The molecular formula is C12H18ClN5O4. The highest BCUT2D eigenvalue weighted by atomic mass is 35.5. The first-order valence-electron chi connectivity index (χ1n) is 6.56. The SMILES string of the molecule is CC(C)(C)OC(=O)NCCCNc1ncnc(Cl)c1[N+](=O)[O-]. The molecule has 2 N–H and O–H groups in total. The molecule has 0 spiro atoms. The topological polar surface area (TPSA) is 119 Å². The van der Waals surface area contributed by atoms with Crippen LogP contribution in [0.1, 0.15) is 27.2 Å². The van der Waals surface area contributed by atoms with Gasteiger partial charge in [0.1, 0.15) is 11.9 Å². The number of aromatic nitrogens is 2. The Morgan fingerprint density at radius 2 is 2.09 bits per heavy atom. The van der Waals surface area contributed by atoms with E-state index in [1.54, 1.807) is 20.8 Å². The third kappa shape index (κ3) is 6.08. The van der Waals surface area contributed by atoms with Crippen molar-refractivity contribution in [3.8, 4) is 0 Å². The molecule has 1 rings (SSSR count). The van der Waals surface area contributed by atoms with Crippen LogP contribution in [0.4, 0.5) is 16.3 Å². The Morgan fingerprint density at radius 3 is 2.68 bits per heavy atom. The molecule has 0 saturated heterocycles. The van der Waals surface area contributed by atoms with E-state index in [9.17, 15) is 14.9 Å². The molecule has 0 aliphatic heterocycles. The highest BCUT2D eigenvalue weighted by Crippen LogP contribution is 2.27. The molecule has 0 aromatic carbocycles. The van der Waals surface area contributed by atoms with Gasteiger partial charge in [0, 0.05) is 13.1 Å². The van der Waals surface area contributed by atoms with Crippen molar-refractivity contribution in [2.75, 3.05) is 18.4 Å². The smallest absolute Gasteiger partial charge is 0.407 e. The van der Waals surface area contributed by atoms with Gasteiger partial charge in [-0.3, -0.25) is 10.1 Å². The molecule has 0 atom stereocenters. The van der Waals surface area contributed by atoms with Crippen LogP contribution in [0, 0.1) is 10.1 Å². The van der Waals surface area contributed by atoms with E-state index >= 15 is 0 Å². The van der Waals surface area contributed by atoms with Crippen LogP contribution in [0.25, 0.3) is 0 Å². The third-order valence-electron chi connectivity index (χ3n) is 2.27. The lowest BCUT2D eigenvalue weighted by Crippen LogP contribution is -2.33. The molecule has 0 unspecified atom stereocenters. The Morgan fingerprint density at radius 1 is 1.41 bits per heavy atom. The van der Waals surface area contributed by atoms with E-state index < -0.39 is 16.6 Å². The Balaban J connectivity index is 2.39. The predicted octanol–water partition coefficient (Wildman–Crippen LogP) is 2.36. The zero-order valence-electron chi connectivity index (χ0n) is 12.6. The Hall–Kier alpha value is -2.16. The summed E-state index contributed by atoms with van der Waals surface area (Å²) in [4.78, 5) is 29.0. The molecule has 10 heteroatoms. The molecule has 0 aliphatic carbocycles. The molecule has 1 heterocycles. The first-order chi connectivity index (χ1) is 10.2. The molecule has 1 amide bonds. The number of rotatable bonds is 6. The molecule has 1 aromatic rings. The van der Waals surface area contributed by atoms with Gasteiger partial charge in [-0.05, 0) is 27.2 Å². The number of nitro groups is 1. The second-order valence-electron chi connectivity index (χ2n) is 5.33. The lowest BCUT2D eigenvalue weighted by atomic mass is 10.2. The van der Waals surface area contributed by atoms with Crippen LogP contribution in [0.3, 0.4) is 0 Å². The number of carbonyl (C=O) groups is 1. The van der Waals surface area contributed by atoms with E-state index in [1.807, 2.05) is 0 Å². The summed E-state index contributed by atoms with van der Waals surface area (Å²) < 4.78 is 5.07. The number of halogens is 1. The summed E-state index contributed by atoms with van der Waals surface area (Å²) in [7, 11) is 0. The average molecular weight is 332 g/mol. The number of amides is 1. The number of anilines is 1. The number of hydrogen-bond donors (Lipinski definition) is 2. The lowest BCUT2D eigenvalue weighted by molar-refractivity contribution is -0.384. The van der Waals surface area contributed by atoms with Crippen molar-refractivity contribution in [3.05, 3.63) is 21.6 Å². The van der Waals surface area contributed by atoms with Crippen LogP contribution >= 0.6 is 11.6 Å². The lowest BCUT2D eigenvalue weighted by Gasteiger charge is -2.19. The summed E-state index contributed by atoms with van der Waals surface area (Å²) in [6.07, 6.45) is 1.15. The standard InChI is InChI=1S/C12H18ClN5O4/c1-12(2,3)22-11(19)15-6-4-5-14-10-8(18(20)21)9(13)16-7-17-10/h7H,4-6H2,1-3H3,(H,15,19)(H,14,16,17). The minimum Gasteiger partial charge on any atom is -0.444 e. The van der Waals surface area contributed by atoms with Crippen molar-refractivity contribution < 1.29 is 14.5 Å². The van der Waals surface area contributed by atoms with E-state index in [-0.39, 0.29) is 16.7 Å². The van der Waals surface area contributed by atoms with Gasteiger partial charge >= 0.3 is 11.8 Å². The molecule has 0 fully saturated rings. The summed E-state index contributed by atoms with van der Waals surface area (Å²) in [5.74, 6) is 0.0438. The van der Waals surface area contributed by atoms with Crippen LogP contribution in [-0.4, -0.2) is 39.7 Å². The fourth-order valence-corrected chi connectivity index (χ4v) is 1.65. The van der Waals surface area contributed by atoms with Gasteiger partial charge in [0.05, 0.1) is 4.92 Å². The number of hydrogen-bond acceptors (Lipinski definition) is 7. The fraction of sp³-hybridized carbons (Fsp3) is 0.583. The molecule has 9 nitrogen and oxygen atoms in total. The first-order valence-corrected chi connectivity index (χ1v) is 6.94. The Bertz CT molecular complexity index is 547. The number of ether oxygens (including phenoxy) is 1. The van der Waals surface area contributed by atoms with Crippen LogP contribution in [-0.2, 0) is 4.74 Å². The summed E-state index contributed by atoms with van der Waals surface area (Å²) in [5.41, 5.74) is -0.926. The van der Waals surface area contributed by atoms with Gasteiger partial charge in [0.15, 0.2) is 0 Å². The van der Waals surface area contributed by atoms with E-state index in [4.69, 9.17) is 16.3 Å². The van der Waals surface area contributed by atoms with Crippen molar-refractivity contribution in [3.63, 3.8) is 0 Å². The molecule has 122 valence electrons. The second kappa shape index (κ2) is 7.74.